The van der Waals surface area contributed by atoms with Gasteiger partial charge in [0.2, 0.25) is 0 Å². The van der Waals surface area contributed by atoms with Crippen molar-refractivity contribution in [2.24, 2.45) is 11.8 Å². The molecule has 2 fully saturated rings. The van der Waals surface area contributed by atoms with Crippen LogP contribution < -0.4 is 5.32 Å². The van der Waals surface area contributed by atoms with Gasteiger partial charge in [-0.05, 0) is 56.7 Å². The molecular formula is C21H29NO3. The number of anilines is 1. The number of carbonyl (C=O) groups is 1. The summed E-state index contributed by atoms with van der Waals surface area (Å²) in [5, 5.41) is 3.83. The summed E-state index contributed by atoms with van der Waals surface area (Å²) in [6.45, 7) is 3.06. The summed E-state index contributed by atoms with van der Waals surface area (Å²) in [6, 6.07) is 6.42. The molecule has 2 aliphatic heterocycles. The Morgan fingerprint density at radius 3 is 2.84 bits per heavy atom. The van der Waals surface area contributed by atoms with Crippen LogP contribution in [0.15, 0.2) is 18.2 Å². The highest BCUT2D eigenvalue weighted by molar-refractivity contribution is 5.90. The fraction of sp³-hybridized carbons (Fsp3) is 0.667. The molecule has 0 spiro atoms. The van der Waals surface area contributed by atoms with Crippen molar-refractivity contribution in [2.45, 2.75) is 64.0 Å². The molecule has 2 heterocycles. The molecule has 3 aliphatic rings. The second kappa shape index (κ2) is 7.36. The first-order chi connectivity index (χ1) is 12.3. The average molecular weight is 343 g/mol. The third kappa shape index (κ3) is 3.29. The highest BCUT2D eigenvalue weighted by Gasteiger charge is 2.42. The Bertz CT molecular complexity index is 624. The van der Waals surface area contributed by atoms with Gasteiger partial charge in [-0.3, -0.25) is 0 Å². The second-order valence-corrected chi connectivity index (χ2v) is 7.69. The number of benzene rings is 1. The van der Waals surface area contributed by atoms with E-state index >= 15 is 0 Å². The first kappa shape index (κ1) is 16.9. The maximum absolute atomic E-state index is 12.1. The molecule has 3 unspecified atom stereocenters. The van der Waals surface area contributed by atoms with Gasteiger partial charge in [0.1, 0.15) is 0 Å². The molecule has 1 N–H and O–H groups in total. The molecule has 1 saturated carbocycles. The van der Waals surface area contributed by atoms with Gasteiger partial charge in [0.25, 0.3) is 0 Å². The second-order valence-electron chi connectivity index (χ2n) is 7.69. The first-order valence-corrected chi connectivity index (χ1v) is 9.97. The molecular weight excluding hydrogens is 314 g/mol. The average Bonchev–Trinajstić information content (AvgIpc) is 2.68. The van der Waals surface area contributed by atoms with Crippen molar-refractivity contribution >= 4 is 11.7 Å². The van der Waals surface area contributed by atoms with Gasteiger partial charge in [0, 0.05) is 29.8 Å². The minimum Gasteiger partial charge on any atom is -0.462 e. The van der Waals surface area contributed by atoms with Gasteiger partial charge in [0.05, 0.1) is 18.3 Å². The van der Waals surface area contributed by atoms with Crippen LogP contribution in [0.5, 0.6) is 0 Å². The summed E-state index contributed by atoms with van der Waals surface area (Å²) in [4.78, 5) is 12.1. The van der Waals surface area contributed by atoms with Crippen LogP contribution in [-0.2, 0) is 9.47 Å². The van der Waals surface area contributed by atoms with Gasteiger partial charge in [-0.2, -0.15) is 0 Å². The Morgan fingerprint density at radius 1 is 1.20 bits per heavy atom. The molecule has 1 aliphatic carbocycles. The molecule has 4 nitrogen and oxygen atoms in total. The number of hydrogen-bond acceptors (Lipinski definition) is 4. The molecule has 25 heavy (non-hydrogen) atoms. The summed E-state index contributed by atoms with van der Waals surface area (Å²) >= 11 is 0. The lowest BCUT2D eigenvalue weighted by molar-refractivity contribution is -0.0458. The van der Waals surface area contributed by atoms with Crippen molar-refractivity contribution in [1.82, 2.24) is 0 Å². The van der Waals surface area contributed by atoms with Crippen molar-refractivity contribution in [3.05, 3.63) is 29.3 Å². The van der Waals surface area contributed by atoms with Crippen LogP contribution in [-0.4, -0.2) is 25.2 Å². The van der Waals surface area contributed by atoms with Crippen LogP contribution in [0.2, 0.25) is 0 Å². The Labute approximate surface area is 150 Å². The van der Waals surface area contributed by atoms with Crippen molar-refractivity contribution in [1.29, 1.82) is 0 Å². The minimum atomic E-state index is -0.243. The van der Waals surface area contributed by atoms with Gasteiger partial charge >= 0.3 is 5.97 Å². The molecule has 1 aromatic carbocycles. The summed E-state index contributed by atoms with van der Waals surface area (Å²) in [5.41, 5.74) is 2.92. The van der Waals surface area contributed by atoms with Gasteiger partial charge in [-0.1, -0.05) is 19.3 Å². The maximum atomic E-state index is 12.1. The van der Waals surface area contributed by atoms with Crippen LogP contribution in [0, 0.1) is 11.8 Å². The highest BCUT2D eigenvalue weighted by atomic mass is 16.5. The summed E-state index contributed by atoms with van der Waals surface area (Å²) < 4.78 is 11.4. The summed E-state index contributed by atoms with van der Waals surface area (Å²) in [5.74, 6) is 1.02. The third-order valence-corrected chi connectivity index (χ3v) is 6.18. The number of fused-ring (bicyclic) bond motifs is 3. The van der Waals surface area contributed by atoms with E-state index in [2.05, 4.69) is 5.32 Å². The van der Waals surface area contributed by atoms with Crippen molar-refractivity contribution in [3.63, 3.8) is 0 Å². The van der Waals surface area contributed by atoms with Crippen LogP contribution in [0.25, 0.3) is 0 Å². The smallest absolute Gasteiger partial charge is 0.338 e. The Balaban J connectivity index is 1.64. The van der Waals surface area contributed by atoms with Gasteiger partial charge < -0.3 is 14.8 Å². The Hall–Kier alpha value is -1.55. The molecule has 0 amide bonds. The first-order valence-electron chi connectivity index (χ1n) is 9.97. The van der Waals surface area contributed by atoms with E-state index in [9.17, 15) is 4.79 Å². The molecule has 0 aromatic heterocycles. The predicted molar refractivity (Wildman–Crippen MR) is 97.8 cm³/mol. The van der Waals surface area contributed by atoms with Crippen LogP contribution in [0.3, 0.4) is 0 Å². The number of hydrogen-bond donors (Lipinski definition) is 1. The Morgan fingerprint density at radius 2 is 2.04 bits per heavy atom. The number of nitrogens with one attached hydrogen (secondary N) is 1. The van der Waals surface area contributed by atoms with Crippen molar-refractivity contribution < 1.29 is 14.3 Å². The van der Waals surface area contributed by atoms with E-state index in [4.69, 9.17) is 9.47 Å². The Kier molecular flexibility index (Phi) is 4.98. The topological polar surface area (TPSA) is 47.6 Å². The number of esters is 1. The van der Waals surface area contributed by atoms with E-state index in [1.807, 2.05) is 25.1 Å². The predicted octanol–water partition coefficient (Wildman–Crippen LogP) is 4.71. The molecule has 136 valence electrons. The lowest BCUT2D eigenvalue weighted by atomic mass is 9.71. The fourth-order valence-electron chi connectivity index (χ4n) is 5.01. The molecule has 0 radical (unpaired) electrons. The zero-order valence-corrected chi connectivity index (χ0v) is 15.1. The molecule has 3 atom stereocenters. The van der Waals surface area contributed by atoms with E-state index in [1.165, 1.54) is 38.5 Å². The number of ether oxygens (including phenoxy) is 2. The normalized spacial score (nSPS) is 29.2. The monoisotopic (exact) mass is 343 g/mol. The zero-order valence-electron chi connectivity index (χ0n) is 15.1. The molecule has 0 bridgehead atoms. The van der Waals surface area contributed by atoms with E-state index in [1.54, 1.807) is 0 Å². The van der Waals surface area contributed by atoms with Crippen LogP contribution >= 0.6 is 0 Å². The van der Waals surface area contributed by atoms with Gasteiger partial charge in [0.15, 0.2) is 0 Å². The number of carbonyl (C=O) groups excluding carboxylic acids is 1. The third-order valence-electron chi connectivity index (χ3n) is 6.18. The van der Waals surface area contributed by atoms with E-state index in [0.717, 1.165) is 30.2 Å². The standard InChI is InChI=1S/C21H29NO3/c1-2-24-21(23)15-10-11-18-17(13-15)20-16(9-6-12-25-20)19(22-18)14-7-4-3-5-8-14/h10-11,13-14,16,19-20,22H,2-9,12H2,1H3. The number of rotatable bonds is 3. The quantitative estimate of drug-likeness (QED) is 0.808. The summed E-state index contributed by atoms with van der Waals surface area (Å²) in [7, 11) is 0. The maximum Gasteiger partial charge on any atom is 0.338 e. The molecule has 4 rings (SSSR count). The molecule has 1 aromatic rings. The lowest BCUT2D eigenvalue weighted by Gasteiger charge is -2.47. The zero-order chi connectivity index (χ0) is 17.2. The fourth-order valence-corrected chi connectivity index (χ4v) is 5.01. The molecule has 1 saturated heterocycles. The van der Waals surface area contributed by atoms with E-state index in [-0.39, 0.29) is 12.1 Å². The van der Waals surface area contributed by atoms with Gasteiger partial charge in [-0.15, -0.1) is 0 Å². The van der Waals surface area contributed by atoms with E-state index < -0.39 is 0 Å². The van der Waals surface area contributed by atoms with E-state index in [0.29, 0.717) is 24.1 Å². The molecule has 4 heteroatoms. The van der Waals surface area contributed by atoms with Crippen molar-refractivity contribution in [3.8, 4) is 0 Å². The largest absolute Gasteiger partial charge is 0.462 e. The highest BCUT2D eigenvalue weighted by Crippen LogP contribution is 2.47. The lowest BCUT2D eigenvalue weighted by Crippen LogP contribution is -2.46. The minimum absolute atomic E-state index is 0.117. The SMILES string of the molecule is CCOC(=O)c1ccc2c(c1)C1OCCCC1C(C1CCCCC1)N2. The summed E-state index contributed by atoms with van der Waals surface area (Å²) in [6.07, 6.45) is 9.22. The van der Waals surface area contributed by atoms with Crippen LogP contribution in [0.4, 0.5) is 5.69 Å². The van der Waals surface area contributed by atoms with Crippen LogP contribution in [0.1, 0.15) is 73.9 Å². The van der Waals surface area contributed by atoms with Gasteiger partial charge in [-0.25, -0.2) is 4.79 Å². The van der Waals surface area contributed by atoms with Crippen molar-refractivity contribution in [2.75, 3.05) is 18.5 Å².